The number of likely N-dealkylation sites (N-methyl/N-ethyl adjacent to an activating group) is 1. The highest BCUT2D eigenvalue weighted by atomic mass is 32.1. The molecule has 31 heavy (non-hydrogen) atoms. The number of carbonyl (C=O) groups excluding carboxylic acids is 1. The number of rotatable bonds is 6. The van der Waals surface area contributed by atoms with Gasteiger partial charge in [-0.2, -0.15) is 0 Å². The summed E-state index contributed by atoms with van der Waals surface area (Å²) in [7, 11) is 2.22. The predicted octanol–water partition coefficient (Wildman–Crippen LogP) is 2.20. The number of hydrogen-bond acceptors (Lipinski definition) is 2. The van der Waals surface area contributed by atoms with Crippen molar-refractivity contribution in [2.75, 3.05) is 38.5 Å². The molecule has 0 radical (unpaired) electrons. The third-order valence-electron chi connectivity index (χ3n) is 6.07. The van der Waals surface area contributed by atoms with Crippen LogP contribution in [0.3, 0.4) is 0 Å². The van der Waals surface area contributed by atoms with Crippen LogP contribution in [0, 0.1) is 5.82 Å². The van der Waals surface area contributed by atoms with Crippen molar-refractivity contribution in [2.45, 2.75) is 19.4 Å². The lowest BCUT2D eigenvalue weighted by atomic mass is 9.97. The van der Waals surface area contributed by atoms with Crippen LogP contribution in [0.15, 0.2) is 60.7 Å². The Morgan fingerprint density at radius 2 is 1.81 bits per heavy atom. The molecule has 4 nitrogen and oxygen atoms in total. The normalized spacial score (nSPS) is 19.7. The van der Waals surface area contributed by atoms with Gasteiger partial charge in [-0.15, -0.1) is 11.3 Å². The van der Waals surface area contributed by atoms with Gasteiger partial charge in [0.15, 0.2) is 0 Å². The minimum Gasteiger partial charge on any atom is -0.328 e. The second kappa shape index (κ2) is 9.73. The number of benzene rings is 2. The molecule has 1 aliphatic heterocycles. The molecule has 4 rings (SSSR count). The van der Waals surface area contributed by atoms with Crippen molar-refractivity contribution in [1.29, 1.82) is 0 Å². The average molecular weight is 440 g/mol. The van der Waals surface area contributed by atoms with Crippen LogP contribution in [-0.4, -0.2) is 39.1 Å². The van der Waals surface area contributed by atoms with E-state index < -0.39 is 0 Å². The number of aryl methyl sites for hydroxylation is 1. The topological polar surface area (TPSA) is 38.0 Å². The van der Waals surface area contributed by atoms with Crippen molar-refractivity contribution in [3.05, 3.63) is 88.0 Å². The monoisotopic (exact) mass is 439 g/mol. The van der Waals surface area contributed by atoms with Crippen LogP contribution < -0.4 is 15.1 Å². The van der Waals surface area contributed by atoms with Crippen molar-refractivity contribution in [3.63, 3.8) is 0 Å². The largest absolute Gasteiger partial charge is 0.328 e. The van der Waals surface area contributed by atoms with Crippen LogP contribution in [0.2, 0.25) is 0 Å². The zero-order valence-corrected chi connectivity index (χ0v) is 18.9. The van der Waals surface area contributed by atoms with E-state index in [1.54, 1.807) is 23.5 Å². The minimum atomic E-state index is -0.220. The maximum Gasteiger partial charge on any atom is 0.256 e. The second-order valence-corrected chi connectivity index (χ2v) is 9.41. The van der Waals surface area contributed by atoms with Crippen LogP contribution >= 0.6 is 11.3 Å². The molecule has 0 spiro atoms. The molecule has 1 saturated heterocycles. The van der Waals surface area contributed by atoms with Gasteiger partial charge >= 0.3 is 0 Å². The second-order valence-electron chi connectivity index (χ2n) is 8.27. The Morgan fingerprint density at radius 1 is 1.06 bits per heavy atom. The molecule has 1 aliphatic rings. The molecule has 1 amide bonds. The summed E-state index contributed by atoms with van der Waals surface area (Å²) in [5, 5.41) is 4.04. The summed E-state index contributed by atoms with van der Waals surface area (Å²) in [4.78, 5) is 17.1. The molecule has 0 saturated carbocycles. The maximum atomic E-state index is 14.2. The average Bonchev–Trinajstić information content (AvgIpc) is 3.18. The Balaban J connectivity index is 1.73. The molecule has 2 heterocycles. The summed E-state index contributed by atoms with van der Waals surface area (Å²) in [6.07, 6.45) is 0.900. The fourth-order valence-corrected chi connectivity index (χ4v) is 5.35. The van der Waals surface area contributed by atoms with E-state index in [-0.39, 0.29) is 17.8 Å². The number of amides is 1. The van der Waals surface area contributed by atoms with Crippen LogP contribution in [0.4, 0.5) is 9.39 Å². The van der Waals surface area contributed by atoms with E-state index in [1.165, 1.54) is 20.7 Å². The summed E-state index contributed by atoms with van der Waals surface area (Å²) < 4.78 is 14.2. The van der Waals surface area contributed by atoms with Gasteiger partial charge < -0.3 is 15.1 Å². The van der Waals surface area contributed by atoms with E-state index in [0.29, 0.717) is 5.56 Å². The molecule has 1 aromatic heterocycles. The fraction of sp³-hybridized carbons (Fsp3) is 0.320. The number of halogens is 1. The molecule has 3 aromatic rings. The first kappa shape index (κ1) is 21.7. The van der Waals surface area contributed by atoms with E-state index >= 15 is 0 Å². The van der Waals surface area contributed by atoms with E-state index in [0.717, 1.165) is 48.7 Å². The molecule has 2 aromatic carbocycles. The molecule has 6 heteroatoms. The number of quaternary nitrogens is 2. The van der Waals surface area contributed by atoms with Crippen molar-refractivity contribution in [1.82, 2.24) is 0 Å². The first-order valence-corrected chi connectivity index (χ1v) is 11.8. The molecule has 162 valence electrons. The Morgan fingerprint density at radius 3 is 2.48 bits per heavy atom. The highest BCUT2D eigenvalue weighted by molar-refractivity contribution is 7.16. The molecule has 3 N–H and O–H groups in total. The Bertz CT molecular complexity index is 1030. The molecular weight excluding hydrogens is 409 g/mol. The van der Waals surface area contributed by atoms with Gasteiger partial charge in [0.25, 0.3) is 5.91 Å². The summed E-state index contributed by atoms with van der Waals surface area (Å²) in [6.45, 7) is 6.31. The molecule has 1 fully saturated rings. The molecule has 1 atom stereocenters. The zero-order chi connectivity index (χ0) is 21.8. The van der Waals surface area contributed by atoms with Gasteiger partial charge in [0.05, 0.1) is 7.05 Å². The standard InChI is InChI=1S/C25H28FN3OS/c1-3-21-17-22(25(31-21)27-24(30)18-8-5-4-6-9-18)23(19-10-7-11-20(26)16-19)29-14-12-28(2)13-15-29/h4-11,16-17,23H,3,12-15H2,1-2H3,(H,27,30)/p+2/t23-/m0/s1. The molecule has 0 bridgehead atoms. The SMILES string of the molecule is CCc1cc([C@H](c2cccc(F)c2)[NH+]2CC[NH+](C)CC2)c(NC(=O)c2ccccc2)s1. The number of hydrogen-bond donors (Lipinski definition) is 3. The Kier molecular flexibility index (Phi) is 6.80. The van der Waals surface area contributed by atoms with Gasteiger partial charge in [-0.05, 0) is 36.8 Å². The van der Waals surface area contributed by atoms with Gasteiger partial charge in [0, 0.05) is 21.6 Å². The number of piperazine rings is 1. The van der Waals surface area contributed by atoms with Gasteiger partial charge in [-0.3, -0.25) is 4.79 Å². The Hall–Kier alpha value is -2.54. The third kappa shape index (κ3) is 5.03. The van der Waals surface area contributed by atoms with Crippen molar-refractivity contribution < 1.29 is 19.0 Å². The van der Waals surface area contributed by atoms with E-state index in [2.05, 4.69) is 25.4 Å². The van der Waals surface area contributed by atoms with E-state index in [1.807, 2.05) is 36.4 Å². The minimum absolute atomic E-state index is 0.00794. The van der Waals surface area contributed by atoms with Crippen LogP contribution in [0.1, 0.15) is 39.3 Å². The first-order valence-electron chi connectivity index (χ1n) is 11.0. The van der Waals surface area contributed by atoms with Crippen molar-refractivity contribution in [3.8, 4) is 0 Å². The summed E-state index contributed by atoms with van der Waals surface area (Å²) in [6, 6.07) is 18.4. The maximum absolute atomic E-state index is 14.2. The van der Waals surface area contributed by atoms with E-state index in [9.17, 15) is 9.18 Å². The first-order chi connectivity index (χ1) is 15.0. The highest BCUT2D eigenvalue weighted by Crippen LogP contribution is 2.35. The Labute approximate surface area is 187 Å². The smallest absolute Gasteiger partial charge is 0.256 e. The van der Waals surface area contributed by atoms with Gasteiger partial charge in [-0.1, -0.05) is 37.3 Å². The molecule has 0 aliphatic carbocycles. The van der Waals surface area contributed by atoms with Crippen molar-refractivity contribution in [2.24, 2.45) is 0 Å². The van der Waals surface area contributed by atoms with Gasteiger partial charge in [-0.25, -0.2) is 4.39 Å². The van der Waals surface area contributed by atoms with Crippen LogP contribution in [0.25, 0.3) is 0 Å². The summed E-state index contributed by atoms with van der Waals surface area (Å²) in [5.41, 5.74) is 2.69. The molecular formula is C25H30FN3OS+2. The van der Waals surface area contributed by atoms with Crippen LogP contribution in [-0.2, 0) is 6.42 Å². The summed E-state index contributed by atoms with van der Waals surface area (Å²) in [5.74, 6) is -0.329. The zero-order valence-electron chi connectivity index (χ0n) is 18.1. The number of thiophene rings is 1. The lowest BCUT2D eigenvalue weighted by Crippen LogP contribution is -3.27. The summed E-state index contributed by atoms with van der Waals surface area (Å²) >= 11 is 1.63. The number of nitrogens with one attached hydrogen (secondary N) is 3. The van der Waals surface area contributed by atoms with Gasteiger partial charge in [0.1, 0.15) is 43.0 Å². The highest BCUT2D eigenvalue weighted by Gasteiger charge is 2.34. The quantitative estimate of drug-likeness (QED) is 0.541. The van der Waals surface area contributed by atoms with Gasteiger partial charge in [0.2, 0.25) is 0 Å². The fourth-order valence-electron chi connectivity index (χ4n) is 4.32. The predicted molar refractivity (Wildman–Crippen MR) is 124 cm³/mol. The third-order valence-corrected chi connectivity index (χ3v) is 7.28. The number of carbonyl (C=O) groups is 1. The molecule has 0 unspecified atom stereocenters. The lowest BCUT2D eigenvalue weighted by molar-refractivity contribution is -1.02. The lowest BCUT2D eigenvalue weighted by Gasteiger charge is -2.33. The van der Waals surface area contributed by atoms with E-state index in [4.69, 9.17) is 0 Å². The van der Waals surface area contributed by atoms with Crippen molar-refractivity contribution >= 4 is 22.2 Å². The van der Waals surface area contributed by atoms with Crippen LogP contribution in [0.5, 0.6) is 0 Å². The number of anilines is 1.